The van der Waals surface area contributed by atoms with E-state index in [0.717, 1.165) is 34.9 Å². The zero-order chi connectivity index (χ0) is 15.1. The van der Waals surface area contributed by atoms with E-state index in [2.05, 4.69) is 37.9 Å². The lowest BCUT2D eigenvalue weighted by atomic mass is 10.1. The molecule has 20 heavy (non-hydrogen) atoms. The molecule has 0 saturated carbocycles. The number of amidine groups is 1. The maximum atomic E-state index is 9.05. The van der Waals surface area contributed by atoms with Crippen molar-refractivity contribution < 1.29 is 5.21 Å². The lowest BCUT2D eigenvalue weighted by Crippen LogP contribution is -2.27. The molecule has 0 aliphatic carbocycles. The van der Waals surface area contributed by atoms with Gasteiger partial charge in [-0.2, -0.15) is 0 Å². The van der Waals surface area contributed by atoms with Crippen LogP contribution < -0.4 is 10.6 Å². The van der Waals surface area contributed by atoms with Crippen molar-refractivity contribution in [3.05, 3.63) is 23.8 Å². The van der Waals surface area contributed by atoms with Crippen LogP contribution in [0.15, 0.2) is 28.3 Å². The molecule has 0 radical (unpaired) electrons. The number of hydrogen-bond donors (Lipinski definition) is 2. The molecule has 5 heteroatoms. The summed E-state index contributed by atoms with van der Waals surface area (Å²) >= 11 is 1.70. The third-order valence-corrected chi connectivity index (χ3v) is 4.30. The highest BCUT2D eigenvalue weighted by atomic mass is 32.2. The SMILES string of the molecule is CCSc1cccc(N(C)CC(C)CC)c1/C(N)=N/O. The third kappa shape index (κ3) is 4.07. The largest absolute Gasteiger partial charge is 0.409 e. The second-order valence-electron chi connectivity index (χ2n) is 4.96. The molecule has 1 aromatic rings. The van der Waals surface area contributed by atoms with Crippen molar-refractivity contribution in [1.82, 2.24) is 0 Å². The quantitative estimate of drug-likeness (QED) is 0.266. The Labute approximate surface area is 126 Å². The molecule has 0 aliphatic rings. The summed E-state index contributed by atoms with van der Waals surface area (Å²) < 4.78 is 0. The van der Waals surface area contributed by atoms with Crippen LogP contribution in [-0.4, -0.2) is 30.4 Å². The first-order chi connectivity index (χ1) is 9.54. The Morgan fingerprint density at radius 2 is 2.15 bits per heavy atom. The number of benzene rings is 1. The predicted octanol–water partition coefficient (Wildman–Crippen LogP) is 3.38. The van der Waals surface area contributed by atoms with Gasteiger partial charge in [0, 0.05) is 24.2 Å². The molecule has 0 heterocycles. The van der Waals surface area contributed by atoms with Crippen molar-refractivity contribution >= 4 is 23.3 Å². The van der Waals surface area contributed by atoms with Crippen molar-refractivity contribution in [3.63, 3.8) is 0 Å². The first kappa shape index (κ1) is 16.7. The molecule has 1 aromatic carbocycles. The van der Waals surface area contributed by atoms with Gasteiger partial charge in [-0.15, -0.1) is 11.8 Å². The fourth-order valence-corrected chi connectivity index (χ4v) is 2.96. The van der Waals surface area contributed by atoms with Crippen LogP contribution in [0, 0.1) is 5.92 Å². The number of hydrogen-bond acceptors (Lipinski definition) is 4. The van der Waals surface area contributed by atoms with Crippen LogP contribution in [0.5, 0.6) is 0 Å². The van der Waals surface area contributed by atoms with Gasteiger partial charge in [0.1, 0.15) is 0 Å². The second kappa shape index (κ2) is 8.04. The van der Waals surface area contributed by atoms with E-state index in [1.807, 2.05) is 18.2 Å². The molecule has 1 rings (SSSR count). The predicted molar refractivity (Wildman–Crippen MR) is 88.1 cm³/mol. The Morgan fingerprint density at radius 1 is 1.45 bits per heavy atom. The van der Waals surface area contributed by atoms with Gasteiger partial charge in [0.25, 0.3) is 0 Å². The summed E-state index contributed by atoms with van der Waals surface area (Å²) in [6.07, 6.45) is 1.13. The molecule has 0 bridgehead atoms. The Bertz CT molecular complexity index is 462. The van der Waals surface area contributed by atoms with Crippen LogP contribution >= 0.6 is 11.8 Å². The minimum absolute atomic E-state index is 0.174. The van der Waals surface area contributed by atoms with E-state index < -0.39 is 0 Å². The molecule has 0 aromatic heterocycles. The summed E-state index contributed by atoms with van der Waals surface area (Å²) in [7, 11) is 2.05. The van der Waals surface area contributed by atoms with Gasteiger partial charge in [0.05, 0.1) is 5.56 Å². The highest BCUT2D eigenvalue weighted by molar-refractivity contribution is 7.99. The Balaban J connectivity index is 3.20. The number of oxime groups is 1. The topological polar surface area (TPSA) is 61.8 Å². The van der Waals surface area contributed by atoms with E-state index in [0.29, 0.717) is 5.92 Å². The number of anilines is 1. The molecule has 0 amide bonds. The first-order valence-electron chi connectivity index (χ1n) is 6.99. The summed E-state index contributed by atoms with van der Waals surface area (Å²) in [6.45, 7) is 7.45. The molecular formula is C15H25N3OS. The monoisotopic (exact) mass is 295 g/mol. The van der Waals surface area contributed by atoms with Crippen LogP contribution in [0.1, 0.15) is 32.8 Å². The van der Waals surface area contributed by atoms with Crippen LogP contribution in [0.3, 0.4) is 0 Å². The highest BCUT2D eigenvalue weighted by Crippen LogP contribution is 2.30. The van der Waals surface area contributed by atoms with Gasteiger partial charge < -0.3 is 15.8 Å². The molecule has 0 saturated heterocycles. The highest BCUT2D eigenvalue weighted by Gasteiger charge is 2.16. The second-order valence-corrected chi connectivity index (χ2v) is 6.27. The zero-order valence-corrected chi connectivity index (χ0v) is 13.6. The normalized spacial score (nSPS) is 13.3. The smallest absolute Gasteiger partial charge is 0.173 e. The summed E-state index contributed by atoms with van der Waals surface area (Å²) in [5.41, 5.74) is 7.73. The van der Waals surface area contributed by atoms with Crippen molar-refractivity contribution in [2.75, 3.05) is 24.2 Å². The van der Waals surface area contributed by atoms with Crippen LogP contribution in [0.25, 0.3) is 0 Å². The Kier molecular flexibility index (Phi) is 6.71. The van der Waals surface area contributed by atoms with Crippen LogP contribution in [-0.2, 0) is 0 Å². The molecular weight excluding hydrogens is 270 g/mol. The van der Waals surface area contributed by atoms with Gasteiger partial charge >= 0.3 is 0 Å². The average Bonchev–Trinajstić information content (AvgIpc) is 2.46. The van der Waals surface area contributed by atoms with Crippen molar-refractivity contribution in [3.8, 4) is 0 Å². The van der Waals surface area contributed by atoms with E-state index >= 15 is 0 Å². The van der Waals surface area contributed by atoms with Crippen LogP contribution in [0.2, 0.25) is 0 Å². The van der Waals surface area contributed by atoms with Gasteiger partial charge in [-0.25, -0.2) is 0 Å². The molecule has 0 spiro atoms. The number of rotatable bonds is 7. The Morgan fingerprint density at radius 3 is 2.70 bits per heavy atom. The Hall–Kier alpha value is -1.36. The van der Waals surface area contributed by atoms with Crippen molar-refractivity contribution in [2.24, 2.45) is 16.8 Å². The minimum Gasteiger partial charge on any atom is -0.409 e. The third-order valence-electron chi connectivity index (χ3n) is 3.36. The number of nitrogens with two attached hydrogens (primary N) is 1. The maximum absolute atomic E-state index is 9.05. The number of nitrogens with zero attached hydrogens (tertiary/aromatic N) is 2. The lowest BCUT2D eigenvalue weighted by molar-refractivity contribution is 0.318. The number of thioether (sulfide) groups is 1. The molecule has 4 nitrogen and oxygen atoms in total. The molecule has 1 unspecified atom stereocenters. The summed E-state index contributed by atoms with van der Waals surface area (Å²) in [5.74, 6) is 1.72. The molecule has 3 N–H and O–H groups in total. The van der Waals surface area contributed by atoms with Crippen molar-refractivity contribution in [2.45, 2.75) is 32.1 Å². The average molecular weight is 295 g/mol. The van der Waals surface area contributed by atoms with Gasteiger partial charge in [-0.1, -0.05) is 38.4 Å². The van der Waals surface area contributed by atoms with E-state index in [-0.39, 0.29) is 5.84 Å². The fourth-order valence-electron chi connectivity index (χ4n) is 2.12. The van der Waals surface area contributed by atoms with E-state index in [4.69, 9.17) is 10.9 Å². The van der Waals surface area contributed by atoms with Gasteiger partial charge in [0.15, 0.2) is 5.84 Å². The van der Waals surface area contributed by atoms with Gasteiger partial charge in [0.2, 0.25) is 0 Å². The van der Waals surface area contributed by atoms with Crippen LogP contribution in [0.4, 0.5) is 5.69 Å². The van der Waals surface area contributed by atoms with Crippen molar-refractivity contribution in [1.29, 1.82) is 0 Å². The summed E-state index contributed by atoms with van der Waals surface area (Å²) in [4.78, 5) is 3.23. The zero-order valence-electron chi connectivity index (χ0n) is 12.8. The minimum atomic E-state index is 0.174. The first-order valence-corrected chi connectivity index (χ1v) is 7.98. The molecule has 0 aliphatic heterocycles. The van der Waals surface area contributed by atoms with E-state index in [9.17, 15) is 0 Å². The van der Waals surface area contributed by atoms with E-state index in [1.165, 1.54) is 0 Å². The molecule has 0 fully saturated rings. The van der Waals surface area contributed by atoms with E-state index in [1.54, 1.807) is 11.8 Å². The maximum Gasteiger partial charge on any atom is 0.173 e. The molecule has 112 valence electrons. The van der Waals surface area contributed by atoms with Gasteiger partial charge in [-0.3, -0.25) is 0 Å². The lowest BCUT2D eigenvalue weighted by Gasteiger charge is -2.26. The summed E-state index contributed by atoms with van der Waals surface area (Å²) in [5, 5.41) is 12.2. The standard InChI is InChI=1S/C15H25N3OS/c1-5-11(3)10-18(4)12-8-7-9-13(20-6-2)14(12)15(16)17-19/h7-9,11,19H,5-6,10H2,1-4H3,(H2,16,17). The summed E-state index contributed by atoms with van der Waals surface area (Å²) in [6, 6.07) is 6.06. The molecule has 1 atom stereocenters. The van der Waals surface area contributed by atoms with Gasteiger partial charge in [-0.05, 0) is 23.8 Å². The fraction of sp³-hybridized carbons (Fsp3) is 0.533.